The first-order valence-corrected chi connectivity index (χ1v) is 12.0. The maximum absolute atomic E-state index is 12.8. The minimum absolute atomic E-state index is 0.130. The van der Waals surface area contributed by atoms with Gasteiger partial charge in [0.2, 0.25) is 0 Å². The molecular formula is C27H28N4OS. The van der Waals surface area contributed by atoms with Crippen LogP contribution in [0.5, 0.6) is 0 Å². The van der Waals surface area contributed by atoms with Crippen LogP contribution in [0.1, 0.15) is 51.4 Å². The van der Waals surface area contributed by atoms with E-state index in [1.54, 1.807) is 11.8 Å². The Morgan fingerprint density at radius 1 is 0.909 bits per heavy atom. The van der Waals surface area contributed by atoms with Crippen molar-refractivity contribution >= 4 is 17.7 Å². The number of benzene rings is 3. The summed E-state index contributed by atoms with van der Waals surface area (Å²) < 4.78 is 2.04. The molecule has 0 bridgehead atoms. The average Bonchev–Trinajstić information content (AvgIpc) is 3.23. The number of aryl methyl sites for hydroxylation is 3. The van der Waals surface area contributed by atoms with Gasteiger partial charge in [-0.05, 0) is 63.1 Å². The Morgan fingerprint density at radius 3 is 2.21 bits per heavy atom. The van der Waals surface area contributed by atoms with Crippen molar-refractivity contribution in [3.63, 3.8) is 0 Å². The van der Waals surface area contributed by atoms with Crippen LogP contribution in [-0.2, 0) is 5.75 Å². The summed E-state index contributed by atoms with van der Waals surface area (Å²) >= 11 is 1.65. The normalized spacial score (nSPS) is 11.9. The molecule has 4 rings (SSSR count). The summed E-state index contributed by atoms with van der Waals surface area (Å²) in [6.45, 7) is 8.13. The van der Waals surface area contributed by atoms with Crippen molar-refractivity contribution in [2.75, 3.05) is 0 Å². The number of carbonyl (C=O) groups is 1. The molecule has 33 heavy (non-hydrogen) atoms. The molecule has 1 atom stereocenters. The number of hydrogen-bond acceptors (Lipinski definition) is 4. The van der Waals surface area contributed by atoms with Crippen LogP contribution in [0.2, 0.25) is 0 Å². The molecule has 1 aromatic heterocycles. The fourth-order valence-corrected chi connectivity index (χ4v) is 4.59. The van der Waals surface area contributed by atoms with E-state index in [2.05, 4.69) is 77.9 Å². The number of rotatable bonds is 7. The van der Waals surface area contributed by atoms with Crippen LogP contribution in [-0.4, -0.2) is 20.7 Å². The number of nitrogens with zero attached hydrogens (tertiary/aromatic N) is 3. The van der Waals surface area contributed by atoms with Gasteiger partial charge >= 0.3 is 0 Å². The van der Waals surface area contributed by atoms with Crippen LogP contribution in [0, 0.1) is 20.8 Å². The van der Waals surface area contributed by atoms with E-state index in [1.165, 1.54) is 16.7 Å². The Hall–Kier alpha value is -3.38. The summed E-state index contributed by atoms with van der Waals surface area (Å²) in [7, 11) is 0. The Kier molecular flexibility index (Phi) is 6.94. The molecule has 1 amide bonds. The smallest absolute Gasteiger partial charge is 0.251 e. The molecule has 0 aliphatic heterocycles. The Morgan fingerprint density at radius 2 is 1.55 bits per heavy atom. The molecule has 0 aliphatic carbocycles. The van der Waals surface area contributed by atoms with Crippen LogP contribution in [0.25, 0.3) is 5.69 Å². The van der Waals surface area contributed by atoms with Gasteiger partial charge in [-0.1, -0.05) is 71.4 Å². The summed E-state index contributed by atoms with van der Waals surface area (Å²) in [5.41, 5.74) is 6.43. The second-order valence-corrected chi connectivity index (χ2v) is 9.23. The first-order valence-electron chi connectivity index (χ1n) is 11.0. The zero-order chi connectivity index (χ0) is 23.4. The van der Waals surface area contributed by atoms with Gasteiger partial charge in [-0.2, -0.15) is 0 Å². The van der Waals surface area contributed by atoms with Gasteiger partial charge in [-0.3, -0.25) is 9.36 Å². The zero-order valence-corrected chi connectivity index (χ0v) is 20.2. The molecule has 0 radical (unpaired) electrons. The molecule has 6 heteroatoms. The zero-order valence-electron chi connectivity index (χ0n) is 19.4. The minimum atomic E-state index is -0.319. The maximum Gasteiger partial charge on any atom is 0.251 e. The number of carbonyl (C=O) groups excluding carboxylic acids is 1. The lowest BCUT2D eigenvalue weighted by molar-refractivity contribution is 0.0938. The van der Waals surface area contributed by atoms with Crippen LogP contribution in [0.3, 0.4) is 0 Å². The highest BCUT2D eigenvalue weighted by molar-refractivity contribution is 7.98. The van der Waals surface area contributed by atoms with Crippen LogP contribution >= 0.6 is 11.8 Å². The van der Waals surface area contributed by atoms with Crippen molar-refractivity contribution in [1.82, 2.24) is 20.1 Å². The van der Waals surface area contributed by atoms with Crippen LogP contribution < -0.4 is 5.32 Å². The molecule has 1 unspecified atom stereocenters. The quantitative estimate of drug-likeness (QED) is 0.348. The van der Waals surface area contributed by atoms with Crippen molar-refractivity contribution in [3.8, 4) is 5.69 Å². The molecular weight excluding hydrogens is 428 g/mol. The monoisotopic (exact) mass is 456 g/mol. The molecule has 0 aliphatic rings. The minimum Gasteiger partial charge on any atom is -0.342 e. The fourth-order valence-electron chi connectivity index (χ4n) is 3.56. The van der Waals surface area contributed by atoms with Crippen molar-refractivity contribution in [2.45, 2.75) is 44.6 Å². The summed E-state index contributed by atoms with van der Waals surface area (Å²) in [5.74, 6) is 1.36. The third kappa shape index (κ3) is 5.34. The van der Waals surface area contributed by atoms with Crippen molar-refractivity contribution < 1.29 is 4.79 Å². The van der Waals surface area contributed by atoms with E-state index in [1.807, 2.05) is 42.7 Å². The lowest BCUT2D eigenvalue weighted by Gasteiger charge is -2.17. The van der Waals surface area contributed by atoms with E-state index in [4.69, 9.17) is 0 Å². The highest BCUT2D eigenvalue weighted by atomic mass is 32.2. The predicted octanol–water partition coefficient (Wildman–Crippen LogP) is 5.98. The number of thioether (sulfide) groups is 1. The third-order valence-electron chi connectivity index (χ3n) is 5.62. The third-order valence-corrected chi connectivity index (χ3v) is 6.60. The van der Waals surface area contributed by atoms with E-state index >= 15 is 0 Å². The van der Waals surface area contributed by atoms with E-state index in [0.29, 0.717) is 11.4 Å². The van der Waals surface area contributed by atoms with Gasteiger partial charge in [0.05, 0.1) is 6.04 Å². The van der Waals surface area contributed by atoms with Gasteiger partial charge in [-0.15, -0.1) is 10.2 Å². The maximum atomic E-state index is 12.8. The van der Waals surface area contributed by atoms with Gasteiger partial charge in [0, 0.05) is 17.0 Å². The van der Waals surface area contributed by atoms with Gasteiger partial charge in [-0.25, -0.2) is 0 Å². The highest BCUT2D eigenvalue weighted by Crippen LogP contribution is 2.28. The Balaban J connectivity index is 1.62. The van der Waals surface area contributed by atoms with Crippen LogP contribution in [0.4, 0.5) is 0 Å². The van der Waals surface area contributed by atoms with E-state index in [0.717, 1.165) is 22.2 Å². The summed E-state index contributed by atoms with van der Waals surface area (Å²) in [6, 6.07) is 23.9. The number of aromatic nitrogens is 3. The molecule has 168 valence electrons. The lowest BCUT2D eigenvalue weighted by atomic mass is 10.1. The first-order chi connectivity index (χ1) is 15.9. The largest absolute Gasteiger partial charge is 0.342 e. The number of hydrogen-bond donors (Lipinski definition) is 1. The molecule has 0 saturated carbocycles. The van der Waals surface area contributed by atoms with E-state index < -0.39 is 0 Å². The molecule has 5 nitrogen and oxygen atoms in total. The second kappa shape index (κ2) is 10.0. The average molecular weight is 457 g/mol. The second-order valence-electron chi connectivity index (χ2n) is 8.29. The molecule has 0 saturated heterocycles. The molecule has 1 N–H and O–H groups in total. The van der Waals surface area contributed by atoms with Gasteiger partial charge in [0.15, 0.2) is 11.0 Å². The van der Waals surface area contributed by atoms with Crippen molar-refractivity contribution in [3.05, 3.63) is 106 Å². The fraction of sp³-hybridized carbons (Fsp3) is 0.222. The topological polar surface area (TPSA) is 59.8 Å². The van der Waals surface area contributed by atoms with Crippen molar-refractivity contribution in [1.29, 1.82) is 0 Å². The SMILES string of the molecule is Cc1ccc(C(=O)NC(C)c2nnc(SCc3ccccc3C)n2-c2ccc(C)cc2)cc1. The molecule has 0 spiro atoms. The predicted molar refractivity (Wildman–Crippen MR) is 134 cm³/mol. The Labute approximate surface area is 199 Å². The lowest BCUT2D eigenvalue weighted by Crippen LogP contribution is -2.28. The summed E-state index contributed by atoms with van der Waals surface area (Å²) in [4.78, 5) is 12.8. The van der Waals surface area contributed by atoms with E-state index in [9.17, 15) is 4.79 Å². The van der Waals surface area contributed by atoms with Crippen molar-refractivity contribution in [2.24, 2.45) is 0 Å². The molecule has 4 aromatic rings. The standard InChI is InChI=1S/C27H28N4OS/c1-18-9-13-22(14-10-18)26(32)28-21(4)25-29-30-27(31(25)24-15-11-19(2)12-16-24)33-17-23-8-6-5-7-20(23)3/h5-16,21H,17H2,1-4H3,(H,28,32). The van der Waals surface area contributed by atoms with Gasteiger partial charge < -0.3 is 5.32 Å². The molecule has 3 aromatic carbocycles. The number of amides is 1. The van der Waals surface area contributed by atoms with E-state index in [-0.39, 0.29) is 11.9 Å². The van der Waals surface area contributed by atoms with Gasteiger partial charge in [0.1, 0.15) is 0 Å². The summed E-state index contributed by atoms with van der Waals surface area (Å²) in [6.07, 6.45) is 0. The Bertz CT molecular complexity index is 1250. The first kappa shape index (κ1) is 22.8. The highest BCUT2D eigenvalue weighted by Gasteiger charge is 2.21. The molecule has 0 fully saturated rings. The molecule has 1 heterocycles. The van der Waals surface area contributed by atoms with Crippen LogP contribution in [0.15, 0.2) is 78.0 Å². The van der Waals surface area contributed by atoms with Gasteiger partial charge in [0.25, 0.3) is 5.91 Å². The number of nitrogens with one attached hydrogen (secondary N) is 1. The summed E-state index contributed by atoms with van der Waals surface area (Å²) in [5, 5.41) is 12.9.